The number of benzene rings is 1. The molecule has 0 radical (unpaired) electrons. The molecule has 3 aromatic heterocycles. The smallest absolute Gasteiger partial charge is 0.231 e. The molecule has 29 heavy (non-hydrogen) atoms. The van der Waals surface area contributed by atoms with Gasteiger partial charge in [-0.3, -0.25) is 5.10 Å². The molecule has 0 atom stereocenters. The number of nitrogens with zero attached hydrogens (tertiary/aromatic N) is 5. The molecule has 0 bridgehead atoms. The molecular weight excluding hydrogens is 388 g/mol. The largest absolute Gasteiger partial charge is 0.324 e. The van der Waals surface area contributed by atoms with E-state index in [4.69, 9.17) is 16.6 Å². The van der Waals surface area contributed by atoms with Gasteiger partial charge in [0.1, 0.15) is 0 Å². The number of hydrogen-bond acceptors (Lipinski definition) is 6. The van der Waals surface area contributed by atoms with E-state index in [0.29, 0.717) is 28.2 Å². The molecule has 1 aromatic carbocycles. The van der Waals surface area contributed by atoms with Crippen LogP contribution in [0.2, 0.25) is 5.02 Å². The second-order valence-electron chi connectivity index (χ2n) is 7.55. The topological polar surface area (TPSA) is 96.3 Å². The third kappa shape index (κ3) is 3.63. The fraction of sp³-hybridized carbons (Fsp3) is 0.300. The van der Waals surface area contributed by atoms with Crippen LogP contribution in [0.3, 0.4) is 0 Å². The summed E-state index contributed by atoms with van der Waals surface area (Å²) in [4.78, 5) is 13.9. The molecule has 1 saturated carbocycles. The van der Waals surface area contributed by atoms with Gasteiger partial charge in [-0.2, -0.15) is 15.1 Å². The molecule has 0 spiro atoms. The Morgan fingerprint density at radius 2 is 1.93 bits per heavy atom. The Hall–Kier alpha value is -3.13. The minimum Gasteiger partial charge on any atom is -0.324 e. The fourth-order valence-electron chi connectivity index (χ4n) is 3.23. The Balaban J connectivity index is 1.53. The zero-order valence-corrected chi connectivity index (χ0v) is 16.9. The van der Waals surface area contributed by atoms with Crippen molar-refractivity contribution in [3.05, 3.63) is 47.4 Å². The van der Waals surface area contributed by atoms with Crippen LogP contribution in [0.25, 0.3) is 11.2 Å². The second kappa shape index (κ2) is 7.04. The Morgan fingerprint density at radius 1 is 1.14 bits per heavy atom. The van der Waals surface area contributed by atoms with Gasteiger partial charge in [-0.1, -0.05) is 11.6 Å². The molecule has 1 aliphatic carbocycles. The van der Waals surface area contributed by atoms with Gasteiger partial charge in [-0.15, -0.1) is 0 Å². The molecule has 9 heteroatoms. The van der Waals surface area contributed by atoms with Crippen molar-refractivity contribution in [3.63, 3.8) is 0 Å². The monoisotopic (exact) mass is 408 g/mol. The molecule has 3 heterocycles. The zero-order chi connectivity index (χ0) is 20.0. The van der Waals surface area contributed by atoms with Crippen molar-refractivity contribution in [2.45, 2.75) is 38.6 Å². The van der Waals surface area contributed by atoms with E-state index in [1.54, 1.807) is 6.33 Å². The molecule has 4 aromatic rings. The van der Waals surface area contributed by atoms with E-state index in [9.17, 15) is 0 Å². The molecule has 8 nitrogen and oxygen atoms in total. The first-order chi connectivity index (χ1) is 14.1. The van der Waals surface area contributed by atoms with E-state index < -0.39 is 0 Å². The van der Waals surface area contributed by atoms with Crippen LogP contribution < -0.4 is 10.6 Å². The molecule has 1 fully saturated rings. The van der Waals surface area contributed by atoms with E-state index in [1.165, 1.54) is 12.8 Å². The van der Waals surface area contributed by atoms with E-state index in [-0.39, 0.29) is 6.04 Å². The van der Waals surface area contributed by atoms with Crippen LogP contribution in [0.15, 0.2) is 36.7 Å². The fourth-order valence-corrected chi connectivity index (χ4v) is 3.35. The summed E-state index contributed by atoms with van der Waals surface area (Å²) in [5, 5.41) is 14.7. The second-order valence-corrected chi connectivity index (χ2v) is 7.99. The van der Waals surface area contributed by atoms with Gasteiger partial charge in [0.2, 0.25) is 5.95 Å². The van der Waals surface area contributed by atoms with Crippen LogP contribution in [0.5, 0.6) is 0 Å². The third-order valence-corrected chi connectivity index (χ3v) is 5.19. The number of fused-ring (bicyclic) bond motifs is 1. The summed E-state index contributed by atoms with van der Waals surface area (Å²) in [7, 11) is 0. The maximum Gasteiger partial charge on any atom is 0.231 e. The predicted octanol–water partition coefficient (Wildman–Crippen LogP) is 5.15. The Kier molecular flexibility index (Phi) is 4.35. The summed E-state index contributed by atoms with van der Waals surface area (Å²) in [5.41, 5.74) is 3.47. The van der Waals surface area contributed by atoms with Crippen LogP contribution in [-0.4, -0.2) is 29.7 Å². The first-order valence-corrected chi connectivity index (χ1v) is 10.0. The highest BCUT2D eigenvalue weighted by Gasteiger charge is 2.26. The number of rotatable bonds is 6. The highest BCUT2D eigenvalue weighted by atomic mass is 35.5. The molecule has 148 valence electrons. The number of nitrogens with one attached hydrogen (secondary N) is 3. The number of aromatic amines is 1. The number of halogens is 1. The van der Waals surface area contributed by atoms with Gasteiger partial charge in [0.05, 0.1) is 6.33 Å². The maximum absolute atomic E-state index is 5.99. The SMILES string of the molecule is CC(C)n1cnc2c(Nc3cc(C4CC4)[nH]n3)nc(Nc3ccc(Cl)cc3)nc21. The first-order valence-electron chi connectivity index (χ1n) is 9.66. The van der Waals surface area contributed by atoms with Gasteiger partial charge in [0.15, 0.2) is 22.8 Å². The lowest BCUT2D eigenvalue weighted by Gasteiger charge is -2.11. The van der Waals surface area contributed by atoms with E-state index in [2.05, 4.69) is 44.6 Å². The molecular formula is C20H21ClN8. The molecule has 0 unspecified atom stereocenters. The molecule has 0 saturated heterocycles. The molecule has 0 amide bonds. The van der Waals surface area contributed by atoms with Gasteiger partial charge >= 0.3 is 0 Å². The van der Waals surface area contributed by atoms with E-state index in [0.717, 1.165) is 22.8 Å². The summed E-state index contributed by atoms with van der Waals surface area (Å²) in [6, 6.07) is 9.68. The average molecular weight is 409 g/mol. The molecule has 0 aliphatic heterocycles. The van der Waals surface area contributed by atoms with Crippen LogP contribution >= 0.6 is 11.6 Å². The number of anilines is 4. The van der Waals surface area contributed by atoms with Crippen LogP contribution in [0.4, 0.5) is 23.3 Å². The van der Waals surface area contributed by atoms with Gasteiger partial charge in [0.25, 0.3) is 0 Å². The summed E-state index contributed by atoms with van der Waals surface area (Å²) >= 11 is 5.99. The molecule has 1 aliphatic rings. The maximum atomic E-state index is 5.99. The summed E-state index contributed by atoms with van der Waals surface area (Å²) < 4.78 is 2.02. The van der Waals surface area contributed by atoms with Crippen molar-refractivity contribution in [2.24, 2.45) is 0 Å². The number of hydrogen-bond donors (Lipinski definition) is 3. The van der Waals surface area contributed by atoms with Gasteiger partial charge < -0.3 is 15.2 Å². The lowest BCUT2D eigenvalue weighted by atomic mass is 10.3. The van der Waals surface area contributed by atoms with Crippen molar-refractivity contribution in [1.82, 2.24) is 29.7 Å². The summed E-state index contributed by atoms with van der Waals surface area (Å²) in [6.07, 6.45) is 4.22. The summed E-state index contributed by atoms with van der Waals surface area (Å²) in [6.45, 7) is 4.19. The quantitative estimate of drug-likeness (QED) is 0.408. The van der Waals surface area contributed by atoms with Gasteiger partial charge in [-0.05, 0) is 51.0 Å². The highest BCUT2D eigenvalue weighted by molar-refractivity contribution is 6.30. The Bertz CT molecular complexity index is 1160. The van der Waals surface area contributed by atoms with Gasteiger partial charge in [-0.25, -0.2) is 4.98 Å². The van der Waals surface area contributed by atoms with E-state index in [1.807, 2.05) is 34.9 Å². The minimum atomic E-state index is 0.220. The van der Waals surface area contributed by atoms with Crippen LogP contribution in [0, 0.1) is 0 Å². The number of imidazole rings is 1. The van der Waals surface area contributed by atoms with Crippen molar-refractivity contribution >= 4 is 46.0 Å². The van der Waals surface area contributed by atoms with Crippen molar-refractivity contribution in [2.75, 3.05) is 10.6 Å². The van der Waals surface area contributed by atoms with Crippen molar-refractivity contribution in [1.29, 1.82) is 0 Å². The van der Waals surface area contributed by atoms with Crippen molar-refractivity contribution < 1.29 is 0 Å². The van der Waals surface area contributed by atoms with Crippen LogP contribution in [-0.2, 0) is 0 Å². The lowest BCUT2D eigenvalue weighted by molar-refractivity contribution is 0.613. The van der Waals surface area contributed by atoms with Crippen molar-refractivity contribution in [3.8, 4) is 0 Å². The van der Waals surface area contributed by atoms with Gasteiger partial charge in [0, 0.05) is 34.4 Å². The molecule has 3 N–H and O–H groups in total. The number of H-pyrrole nitrogens is 1. The Morgan fingerprint density at radius 3 is 2.66 bits per heavy atom. The molecule has 5 rings (SSSR count). The Labute approximate surface area is 172 Å². The standard InChI is InChI=1S/C20H21ClN8/c1-11(2)29-10-22-17-18(24-16-9-15(27-28-16)12-3-4-12)25-20(26-19(17)29)23-14-7-5-13(21)6-8-14/h5-12H,3-4H2,1-2H3,(H3,23,24,25,26,27,28). The minimum absolute atomic E-state index is 0.220. The number of aromatic nitrogens is 6. The normalized spacial score (nSPS) is 13.9. The van der Waals surface area contributed by atoms with E-state index >= 15 is 0 Å². The predicted molar refractivity (Wildman–Crippen MR) is 114 cm³/mol. The highest BCUT2D eigenvalue weighted by Crippen LogP contribution is 2.39. The lowest BCUT2D eigenvalue weighted by Crippen LogP contribution is -2.05. The third-order valence-electron chi connectivity index (χ3n) is 4.94. The summed E-state index contributed by atoms with van der Waals surface area (Å²) in [5.74, 6) is 2.41. The zero-order valence-electron chi connectivity index (χ0n) is 16.1. The van der Waals surface area contributed by atoms with Crippen LogP contribution in [0.1, 0.15) is 44.3 Å². The average Bonchev–Trinajstić information content (AvgIpc) is 3.28. The first kappa shape index (κ1) is 17.9.